The first-order valence-corrected chi connectivity index (χ1v) is 8.92. The van der Waals surface area contributed by atoms with Crippen LogP contribution in [0.3, 0.4) is 0 Å². The van der Waals surface area contributed by atoms with Gasteiger partial charge in [-0.15, -0.1) is 0 Å². The Hall–Kier alpha value is -1.56. The molecule has 1 aromatic rings. The number of carbonyl (C=O) groups excluding carboxylic acids is 1. The summed E-state index contributed by atoms with van der Waals surface area (Å²) in [7, 11) is 0. The van der Waals surface area contributed by atoms with Crippen molar-refractivity contribution in [3.05, 3.63) is 18.0 Å². The van der Waals surface area contributed by atoms with Crippen LogP contribution in [-0.4, -0.2) is 46.0 Å². The van der Waals surface area contributed by atoms with Crippen molar-refractivity contribution in [2.75, 3.05) is 19.6 Å². The minimum absolute atomic E-state index is 0.128. The zero-order valence-electron chi connectivity index (χ0n) is 15.5. The van der Waals surface area contributed by atoms with Gasteiger partial charge in [-0.1, -0.05) is 13.8 Å². The standard InChI is InChI=1S/C18H30N4O2/c1-13(2)9-22-10-14(8-20-22)15-18(11-19-15)6-7-21(12-18)16(23)24-17(3,4)5/h8,10,13,15,19H,6-7,9,11-12H2,1-5H3/t15-,18-/m1/s1. The van der Waals surface area contributed by atoms with Crippen LogP contribution < -0.4 is 5.32 Å². The fraction of sp³-hybridized carbons (Fsp3) is 0.778. The van der Waals surface area contributed by atoms with Crippen molar-refractivity contribution in [2.45, 2.75) is 59.2 Å². The predicted molar refractivity (Wildman–Crippen MR) is 92.7 cm³/mol. The summed E-state index contributed by atoms with van der Waals surface area (Å²) >= 11 is 0. The maximum atomic E-state index is 12.3. The van der Waals surface area contributed by atoms with Crippen molar-refractivity contribution in [3.8, 4) is 0 Å². The van der Waals surface area contributed by atoms with E-state index < -0.39 is 5.60 Å². The Morgan fingerprint density at radius 2 is 2.25 bits per heavy atom. The molecule has 2 fully saturated rings. The van der Waals surface area contributed by atoms with Crippen molar-refractivity contribution < 1.29 is 9.53 Å². The van der Waals surface area contributed by atoms with Crippen LogP contribution in [-0.2, 0) is 11.3 Å². The van der Waals surface area contributed by atoms with Gasteiger partial charge in [0.2, 0.25) is 0 Å². The van der Waals surface area contributed by atoms with E-state index in [0.29, 0.717) is 5.92 Å². The molecule has 0 unspecified atom stereocenters. The molecule has 2 saturated heterocycles. The van der Waals surface area contributed by atoms with Crippen LogP contribution in [0.1, 0.15) is 52.6 Å². The second-order valence-electron chi connectivity index (χ2n) is 8.72. The topological polar surface area (TPSA) is 59.4 Å². The van der Waals surface area contributed by atoms with E-state index in [4.69, 9.17) is 4.74 Å². The molecule has 0 saturated carbocycles. The molecule has 6 nitrogen and oxygen atoms in total. The number of likely N-dealkylation sites (tertiary alicyclic amines) is 1. The van der Waals surface area contributed by atoms with E-state index in [0.717, 1.165) is 32.6 Å². The highest BCUT2D eigenvalue weighted by molar-refractivity contribution is 5.68. The molecule has 0 aliphatic carbocycles. The number of nitrogens with one attached hydrogen (secondary N) is 1. The number of hydrogen-bond acceptors (Lipinski definition) is 4. The molecular formula is C18H30N4O2. The molecule has 0 aromatic carbocycles. The van der Waals surface area contributed by atoms with Gasteiger partial charge in [0, 0.05) is 49.4 Å². The normalized spacial score (nSPS) is 26.9. The molecule has 2 aliphatic heterocycles. The molecule has 3 rings (SSSR count). The molecule has 24 heavy (non-hydrogen) atoms. The van der Waals surface area contributed by atoms with Gasteiger partial charge in [0.25, 0.3) is 0 Å². The number of carbonyl (C=O) groups is 1. The average Bonchev–Trinajstić information content (AvgIpc) is 3.03. The lowest BCUT2D eigenvalue weighted by Gasteiger charge is -2.47. The Labute approximate surface area is 144 Å². The van der Waals surface area contributed by atoms with Gasteiger partial charge in [-0.2, -0.15) is 5.10 Å². The minimum Gasteiger partial charge on any atom is -0.444 e. The lowest BCUT2D eigenvalue weighted by molar-refractivity contribution is 0.0216. The van der Waals surface area contributed by atoms with E-state index in [1.807, 2.05) is 36.5 Å². The summed E-state index contributed by atoms with van der Waals surface area (Å²) in [5.41, 5.74) is 0.915. The number of amides is 1. The number of rotatable bonds is 3. The zero-order chi connectivity index (χ0) is 17.5. The molecule has 1 aromatic heterocycles. The number of ether oxygens (including phenoxy) is 1. The third-order valence-electron chi connectivity index (χ3n) is 4.85. The quantitative estimate of drug-likeness (QED) is 0.923. The lowest BCUT2D eigenvalue weighted by atomic mass is 9.70. The largest absolute Gasteiger partial charge is 0.444 e. The highest BCUT2D eigenvalue weighted by Crippen LogP contribution is 2.48. The average molecular weight is 334 g/mol. The molecule has 0 radical (unpaired) electrons. The number of hydrogen-bond donors (Lipinski definition) is 1. The Morgan fingerprint density at radius 3 is 2.83 bits per heavy atom. The fourth-order valence-corrected chi connectivity index (χ4v) is 3.72. The second-order valence-corrected chi connectivity index (χ2v) is 8.72. The first-order chi connectivity index (χ1) is 11.2. The van der Waals surface area contributed by atoms with Crippen LogP contribution in [0.5, 0.6) is 0 Å². The minimum atomic E-state index is -0.442. The van der Waals surface area contributed by atoms with Crippen LogP contribution in [0.2, 0.25) is 0 Å². The van der Waals surface area contributed by atoms with Crippen LogP contribution >= 0.6 is 0 Å². The molecule has 1 N–H and O–H groups in total. The predicted octanol–water partition coefficient (Wildman–Crippen LogP) is 2.81. The highest BCUT2D eigenvalue weighted by atomic mass is 16.6. The van der Waals surface area contributed by atoms with E-state index in [1.165, 1.54) is 5.56 Å². The molecule has 134 valence electrons. The van der Waals surface area contributed by atoms with Crippen molar-refractivity contribution in [1.82, 2.24) is 20.0 Å². The lowest BCUT2D eigenvalue weighted by Crippen LogP contribution is -2.57. The monoisotopic (exact) mass is 334 g/mol. The van der Waals surface area contributed by atoms with Gasteiger partial charge in [0.1, 0.15) is 5.60 Å². The first-order valence-electron chi connectivity index (χ1n) is 8.92. The Bertz CT molecular complexity index is 604. The number of aromatic nitrogens is 2. The summed E-state index contributed by atoms with van der Waals surface area (Å²) in [6, 6.07) is 0.283. The van der Waals surface area contributed by atoms with Gasteiger partial charge in [0.15, 0.2) is 0 Å². The Balaban J connectivity index is 1.65. The summed E-state index contributed by atoms with van der Waals surface area (Å²) in [6.45, 7) is 13.5. The van der Waals surface area contributed by atoms with E-state index >= 15 is 0 Å². The van der Waals surface area contributed by atoms with Crippen LogP contribution in [0.4, 0.5) is 4.79 Å². The maximum Gasteiger partial charge on any atom is 0.410 e. The molecule has 3 heterocycles. The third kappa shape index (κ3) is 3.43. The maximum absolute atomic E-state index is 12.3. The van der Waals surface area contributed by atoms with E-state index in [-0.39, 0.29) is 17.6 Å². The van der Waals surface area contributed by atoms with Gasteiger partial charge in [-0.05, 0) is 33.1 Å². The van der Waals surface area contributed by atoms with E-state index in [1.54, 1.807) is 0 Å². The molecule has 2 atom stereocenters. The summed E-state index contributed by atoms with van der Waals surface area (Å²) < 4.78 is 7.54. The first kappa shape index (κ1) is 17.3. The van der Waals surface area contributed by atoms with Crippen LogP contribution in [0.25, 0.3) is 0 Å². The summed E-state index contributed by atoms with van der Waals surface area (Å²) in [5, 5.41) is 8.02. The fourth-order valence-electron chi connectivity index (χ4n) is 3.72. The number of nitrogens with zero attached hydrogens (tertiary/aromatic N) is 3. The Morgan fingerprint density at radius 1 is 1.50 bits per heavy atom. The SMILES string of the molecule is CC(C)Cn1cc([C@H]2NC[C@@]23CCN(C(=O)OC(C)(C)C)C3)cn1. The van der Waals surface area contributed by atoms with Crippen molar-refractivity contribution in [2.24, 2.45) is 11.3 Å². The van der Waals surface area contributed by atoms with Gasteiger partial charge in [0.05, 0.1) is 6.20 Å². The highest BCUT2D eigenvalue weighted by Gasteiger charge is 2.53. The van der Waals surface area contributed by atoms with Gasteiger partial charge < -0.3 is 15.0 Å². The second kappa shape index (κ2) is 6.06. The van der Waals surface area contributed by atoms with E-state index in [2.05, 4.69) is 30.5 Å². The van der Waals surface area contributed by atoms with Crippen molar-refractivity contribution in [3.63, 3.8) is 0 Å². The smallest absolute Gasteiger partial charge is 0.410 e. The molecular weight excluding hydrogens is 304 g/mol. The van der Waals surface area contributed by atoms with Crippen molar-refractivity contribution in [1.29, 1.82) is 0 Å². The third-order valence-corrected chi connectivity index (χ3v) is 4.85. The van der Waals surface area contributed by atoms with Gasteiger partial charge in [-0.3, -0.25) is 4.68 Å². The molecule has 6 heteroatoms. The molecule has 1 spiro atoms. The molecule has 1 amide bonds. The van der Waals surface area contributed by atoms with Gasteiger partial charge in [-0.25, -0.2) is 4.79 Å². The summed E-state index contributed by atoms with van der Waals surface area (Å²) in [6.07, 6.45) is 4.94. The van der Waals surface area contributed by atoms with Crippen LogP contribution in [0.15, 0.2) is 12.4 Å². The summed E-state index contributed by atoms with van der Waals surface area (Å²) in [4.78, 5) is 14.2. The zero-order valence-corrected chi connectivity index (χ0v) is 15.5. The Kier molecular flexibility index (Phi) is 4.36. The molecule has 2 aliphatic rings. The summed E-state index contributed by atoms with van der Waals surface area (Å²) in [5.74, 6) is 0.579. The van der Waals surface area contributed by atoms with Crippen molar-refractivity contribution >= 4 is 6.09 Å². The van der Waals surface area contributed by atoms with Gasteiger partial charge >= 0.3 is 6.09 Å². The van der Waals surface area contributed by atoms with E-state index in [9.17, 15) is 4.79 Å². The van der Waals surface area contributed by atoms with Crippen LogP contribution in [0, 0.1) is 11.3 Å². The molecule has 0 bridgehead atoms.